The first-order valence-corrected chi connectivity index (χ1v) is 5.98. The largest absolute Gasteiger partial charge is 0.416 e. The van der Waals surface area contributed by atoms with Gasteiger partial charge in [-0.15, -0.1) is 0 Å². The molecule has 0 bridgehead atoms. The van der Waals surface area contributed by atoms with Crippen LogP contribution in [0.1, 0.15) is 11.1 Å². The number of anilines is 3. The second-order valence-corrected chi connectivity index (χ2v) is 4.36. The molecule has 2 aromatic rings. The van der Waals surface area contributed by atoms with Gasteiger partial charge >= 0.3 is 6.18 Å². The Balaban J connectivity index is 2.30. The van der Waals surface area contributed by atoms with Crippen molar-refractivity contribution in [2.75, 3.05) is 17.7 Å². The van der Waals surface area contributed by atoms with E-state index in [1.54, 1.807) is 31.6 Å². The minimum Gasteiger partial charge on any atom is -0.387 e. The Bertz CT molecular complexity index is 609. The van der Waals surface area contributed by atoms with Gasteiger partial charge in [-0.05, 0) is 30.7 Å². The molecule has 1 heterocycles. The van der Waals surface area contributed by atoms with Gasteiger partial charge in [-0.2, -0.15) is 13.2 Å². The smallest absolute Gasteiger partial charge is 0.387 e. The van der Waals surface area contributed by atoms with E-state index in [2.05, 4.69) is 15.6 Å². The van der Waals surface area contributed by atoms with Gasteiger partial charge in [0.15, 0.2) is 0 Å². The summed E-state index contributed by atoms with van der Waals surface area (Å²) in [7, 11) is 1.74. The van der Waals surface area contributed by atoms with Gasteiger partial charge < -0.3 is 10.6 Å². The Kier molecular flexibility index (Phi) is 3.83. The molecule has 1 aromatic heterocycles. The Morgan fingerprint density at radius 2 is 1.70 bits per heavy atom. The number of alkyl halides is 3. The number of aryl methyl sites for hydroxylation is 1. The van der Waals surface area contributed by atoms with Crippen molar-refractivity contribution in [3.63, 3.8) is 0 Å². The van der Waals surface area contributed by atoms with Gasteiger partial charge in [0.25, 0.3) is 0 Å². The fraction of sp³-hybridized carbons (Fsp3) is 0.214. The zero-order valence-corrected chi connectivity index (χ0v) is 11.0. The van der Waals surface area contributed by atoms with E-state index in [1.165, 1.54) is 13.0 Å². The predicted octanol–water partition coefficient (Wildman–Crippen LogP) is 4.19. The van der Waals surface area contributed by atoms with E-state index in [-0.39, 0.29) is 5.56 Å². The van der Waals surface area contributed by atoms with Crippen molar-refractivity contribution in [3.05, 3.63) is 47.8 Å². The molecule has 20 heavy (non-hydrogen) atoms. The van der Waals surface area contributed by atoms with Gasteiger partial charge in [0.05, 0.1) is 29.3 Å². The van der Waals surface area contributed by atoms with E-state index >= 15 is 0 Å². The van der Waals surface area contributed by atoms with Gasteiger partial charge in [0.1, 0.15) is 0 Å². The van der Waals surface area contributed by atoms with Crippen molar-refractivity contribution >= 4 is 17.1 Å². The highest BCUT2D eigenvalue weighted by molar-refractivity contribution is 5.64. The van der Waals surface area contributed by atoms with Crippen molar-refractivity contribution < 1.29 is 13.2 Å². The van der Waals surface area contributed by atoms with Crippen LogP contribution < -0.4 is 10.6 Å². The average Bonchev–Trinajstić information content (AvgIpc) is 2.40. The molecule has 2 rings (SSSR count). The highest BCUT2D eigenvalue weighted by Gasteiger charge is 2.32. The van der Waals surface area contributed by atoms with Crippen LogP contribution in [0, 0.1) is 6.92 Å². The summed E-state index contributed by atoms with van der Waals surface area (Å²) in [5, 5.41) is 5.83. The molecular weight excluding hydrogens is 267 g/mol. The molecule has 0 aliphatic carbocycles. The Labute approximate surface area is 114 Å². The van der Waals surface area contributed by atoms with Crippen LogP contribution in [0.2, 0.25) is 0 Å². The molecule has 3 nitrogen and oxygen atoms in total. The lowest BCUT2D eigenvalue weighted by atomic mass is 10.1. The molecule has 0 saturated carbocycles. The summed E-state index contributed by atoms with van der Waals surface area (Å²) in [6.45, 7) is 1.44. The second-order valence-electron chi connectivity index (χ2n) is 4.36. The molecule has 6 heteroatoms. The van der Waals surface area contributed by atoms with Crippen LogP contribution in [0.4, 0.5) is 30.2 Å². The quantitative estimate of drug-likeness (QED) is 0.885. The van der Waals surface area contributed by atoms with Gasteiger partial charge in [0, 0.05) is 12.7 Å². The van der Waals surface area contributed by atoms with Crippen molar-refractivity contribution in [1.29, 1.82) is 0 Å². The average molecular weight is 281 g/mol. The van der Waals surface area contributed by atoms with Crippen LogP contribution in [0.15, 0.2) is 36.7 Å². The van der Waals surface area contributed by atoms with Crippen LogP contribution >= 0.6 is 0 Å². The summed E-state index contributed by atoms with van der Waals surface area (Å²) in [5.74, 6) is 0. The third kappa shape index (κ3) is 3.20. The van der Waals surface area contributed by atoms with Crippen molar-refractivity contribution in [2.24, 2.45) is 0 Å². The number of hydrogen-bond acceptors (Lipinski definition) is 3. The number of aromatic nitrogens is 1. The fourth-order valence-electron chi connectivity index (χ4n) is 1.82. The fourth-order valence-corrected chi connectivity index (χ4v) is 1.82. The molecule has 0 radical (unpaired) electrons. The molecule has 1 aromatic carbocycles. The lowest BCUT2D eigenvalue weighted by Gasteiger charge is -2.13. The van der Waals surface area contributed by atoms with E-state index in [0.717, 1.165) is 11.8 Å². The topological polar surface area (TPSA) is 37.0 Å². The number of pyridine rings is 1. The summed E-state index contributed by atoms with van der Waals surface area (Å²) in [4.78, 5) is 3.99. The molecule has 0 aliphatic rings. The highest BCUT2D eigenvalue weighted by atomic mass is 19.4. The maximum Gasteiger partial charge on any atom is 0.416 e. The first-order valence-electron chi connectivity index (χ1n) is 5.98. The molecule has 0 spiro atoms. The van der Waals surface area contributed by atoms with Gasteiger partial charge in [-0.25, -0.2) is 0 Å². The Morgan fingerprint density at radius 3 is 2.35 bits per heavy atom. The Hall–Kier alpha value is -2.24. The molecule has 0 amide bonds. The van der Waals surface area contributed by atoms with E-state index in [1.807, 2.05) is 0 Å². The lowest BCUT2D eigenvalue weighted by Crippen LogP contribution is -2.08. The molecule has 0 saturated heterocycles. The molecule has 0 aliphatic heterocycles. The van der Waals surface area contributed by atoms with Crippen molar-refractivity contribution in [3.8, 4) is 0 Å². The molecule has 0 atom stereocenters. The van der Waals surface area contributed by atoms with Gasteiger partial charge in [0.2, 0.25) is 0 Å². The molecule has 0 unspecified atom stereocenters. The summed E-state index contributed by atoms with van der Waals surface area (Å²) in [6, 6.07) is 5.92. The van der Waals surface area contributed by atoms with Crippen molar-refractivity contribution in [1.82, 2.24) is 4.98 Å². The van der Waals surface area contributed by atoms with Crippen molar-refractivity contribution in [2.45, 2.75) is 13.1 Å². The van der Waals surface area contributed by atoms with Gasteiger partial charge in [-0.3, -0.25) is 4.98 Å². The Morgan fingerprint density at radius 1 is 1.00 bits per heavy atom. The number of hydrogen-bond donors (Lipinski definition) is 2. The minimum atomic E-state index is -4.35. The number of nitrogens with one attached hydrogen (secondary N) is 2. The van der Waals surface area contributed by atoms with E-state index < -0.39 is 11.7 Å². The van der Waals surface area contributed by atoms with Crippen LogP contribution in [0.25, 0.3) is 0 Å². The van der Waals surface area contributed by atoms with E-state index in [0.29, 0.717) is 11.4 Å². The SMILES string of the molecule is CNc1cncc(Nc2ccc(C)c(C(F)(F)F)c2)c1. The lowest BCUT2D eigenvalue weighted by molar-refractivity contribution is -0.138. The standard InChI is InChI=1S/C14H14F3N3/c1-9-3-4-10(6-13(9)14(15,16)17)20-12-5-11(18-2)7-19-8-12/h3-8,18,20H,1-2H3. The number of benzene rings is 1. The zero-order chi connectivity index (χ0) is 14.8. The zero-order valence-electron chi connectivity index (χ0n) is 11.0. The third-order valence-corrected chi connectivity index (χ3v) is 2.86. The number of halogens is 3. The van der Waals surface area contributed by atoms with Gasteiger partial charge in [-0.1, -0.05) is 6.07 Å². The van der Waals surface area contributed by atoms with E-state index in [9.17, 15) is 13.2 Å². The maximum absolute atomic E-state index is 12.8. The summed E-state index contributed by atoms with van der Waals surface area (Å²) in [5.41, 5.74) is 1.33. The summed E-state index contributed by atoms with van der Waals surface area (Å²) < 4.78 is 38.5. The minimum absolute atomic E-state index is 0.199. The number of nitrogens with zero attached hydrogens (tertiary/aromatic N) is 1. The van der Waals surface area contributed by atoms with E-state index in [4.69, 9.17) is 0 Å². The first kappa shape index (κ1) is 14.2. The first-order chi connectivity index (χ1) is 9.40. The number of rotatable bonds is 3. The second kappa shape index (κ2) is 5.40. The molecular formula is C14H14F3N3. The summed E-state index contributed by atoms with van der Waals surface area (Å²) >= 11 is 0. The maximum atomic E-state index is 12.8. The predicted molar refractivity (Wildman–Crippen MR) is 73.2 cm³/mol. The van der Waals surface area contributed by atoms with Crippen LogP contribution in [0.3, 0.4) is 0 Å². The normalized spacial score (nSPS) is 11.2. The molecule has 106 valence electrons. The van der Waals surface area contributed by atoms with Crippen LogP contribution in [-0.2, 0) is 6.18 Å². The molecule has 0 fully saturated rings. The highest BCUT2D eigenvalue weighted by Crippen LogP contribution is 2.34. The van der Waals surface area contributed by atoms with Crippen LogP contribution in [-0.4, -0.2) is 12.0 Å². The summed E-state index contributed by atoms with van der Waals surface area (Å²) in [6.07, 6.45) is -1.18. The third-order valence-electron chi connectivity index (χ3n) is 2.86. The molecule has 2 N–H and O–H groups in total. The monoisotopic (exact) mass is 281 g/mol. The van der Waals surface area contributed by atoms with Crippen LogP contribution in [0.5, 0.6) is 0 Å².